The highest BCUT2D eigenvalue weighted by Crippen LogP contribution is 2.30. The molecule has 1 aliphatic carbocycles. The van der Waals surface area contributed by atoms with Crippen molar-refractivity contribution in [3.63, 3.8) is 0 Å². The summed E-state index contributed by atoms with van der Waals surface area (Å²) in [7, 11) is 0. The zero-order valence-corrected chi connectivity index (χ0v) is 14.4. The van der Waals surface area contributed by atoms with Gasteiger partial charge in [0.15, 0.2) is 0 Å². The molecule has 2 unspecified atom stereocenters. The number of likely N-dealkylation sites (tertiary alicyclic amines) is 1. The highest BCUT2D eigenvalue weighted by atomic mass is 32.1. The number of β-amino-alcohol motifs (C(OH)–C–C–N with tert-alkyl or cyclic N) is 1. The minimum Gasteiger partial charge on any atom is -0.395 e. The fraction of sp³-hybridized carbons (Fsp3) is 0.778. The predicted molar refractivity (Wildman–Crippen MR) is 93.6 cm³/mol. The Morgan fingerprint density at radius 2 is 2.09 bits per heavy atom. The monoisotopic (exact) mass is 322 g/mol. The smallest absolute Gasteiger partial charge is 0.0558 e. The Labute approximate surface area is 138 Å². The zero-order valence-electron chi connectivity index (χ0n) is 13.5. The number of piperidine rings is 1. The fourth-order valence-corrected chi connectivity index (χ4v) is 4.95. The molecule has 4 heteroatoms. The molecule has 2 heterocycles. The number of thiophene rings is 1. The van der Waals surface area contributed by atoms with E-state index in [-0.39, 0.29) is 6.61 Å². The summed E-state index contributed by atoms with van der Waals surface area (Å²) < 4.78 is 0. The number of rotatable bonds is 6. The van der Waals surface area contributed by atoms with E-state index in [0.717, 1.165) is 25.6 Å². The van der Waals surface area contributed by atoms with Gasteiger partial charge in [0.2, 0.25) is 0 Å². The third kappa shape index (κ3) is 4.54. The first-order valence-corrected chi connectivity index (χ1v) is 9.83. The van der Waals surface area contributed by atoms with Crippen molar-refractivity contribution in [2.24, 2.45) is 5.92 Å². The molecule has 22 heavy (non-hydrogen) atoms. The van der Waals surface area contributed by atoms with Gasteiger partial charge in [0.1, 0.15) is 0 Å². The lowest BCUT2D eigenvalue weighted by molar-refractivity contribution is 0.136. The van der Waals surface area contributed by atoms with E-state index in [4.69, 9.17) is 0 Å². The van der Waals surface area contributed by atoms with Crippen LogP contribution in [0.4, 0.5) is 0 Å². The Morgan fingerprint density at radius 1 is 1.23 bits per heavy atom. The van der Waals surface area contributed by atoms with Crippen molar-refractivity contribution >= 4 is 11.3 Å². The van der Waals surface area contributed by atoms with Gasteiger partial charge in [-0.15, -0.1) is 11.3 Å². The van der Waals surface area contributed by atoms with E-state index in [9.17, 15) is 5.11 Å². The van der Waals surface area contributed by atoms with Gasteiger partial charge in [-0.2, -0.15) is 0 Å². The highest BCUT2D eigenvalue weighted by molar-refractivity contribution is 7.10. The van der Waals surface area contributed by atoms with Gasteiger partial charge in [-0.1, -0.05) is 25.3 Å². The van der Waals surface area contributed by atoms with Crippen LogP contribution in [0.25, 0.3) is 0 Å². The van der Waals surface area contributed by atoms with Gasteiger partial charge in [-0.25, -0.2) is 0 Å². The molecule has 2 atom stereocenters. The standard InChI is InChI=1S/C18H30N2OS/c21-9-8-20-13-16(18-7-4-10-22-18)11-17(14-20)19-12-15-5-2-1-3-6-15/h4,7,10,15-17,19,21H,1-3,5-6,8-9,11-14H2. The van der Waals surface area contributed by atoms with Crippen LogP contribution in [0.3, 0.4) is 0 Å². The molecular formula is C18H30N2OS. The van der Waals surface area contributed by atoms with Gasteiger partial charge in [0.25, 0.3) is 0 Å². The Hall–Kier alpha value is -0.420. The summed E-state index contributed by atoms with van der Waals surface area (Å²) in [5.74, 6) is 1.52. The van der Waals surface area contributed by atoms with Gasteiger partial charge in [-0.3, -0.25) is 4.90 Å². The molecule has 2 aliphatic rings. The lowest BCUT2D eigenvalue weighted by Gasteiger charge is -2.38. The van der Waals surface area contributed by atoms with Crippen LogP contribution in [0, 0.1) is 5.92 Å². The van der Waals surface area contributed by atoms with Crippen LogP contribution in [-0.2, 0) is 0 Å². The third-order valence-corrected chi connectivity index (χ3v) is 6.34. The average Bonchev–Trinajstić information content (AvgIpc) is 3.09. The van der Waals surface area contributed by atoms with E-state index in [2.05, 4.69) is 27.7 Å². The van der Waals surface area contributed by atoms with Gasteiger partial charge in [0, 0.05) is 36.5 Å². The molecule has 0 radical (unpaired) electrons. The maximum absolute atomic E-state index is 9.30. The number of nitrogens with one attached hydrogen (secondary N) is 1. The van der Waals surface area contributed by atoms with Crippen LogP contribution in [-0.4, -0.2) is 48.8 Å². The average molecular weight is 323 g/mol. The van der Waals surface area contributed by atoms with Crippen molar-refractivity contribution in [2.45, 2.75) is 50.5 Å². The number of nitrogens with zero attached hydrogens (tertiary/aromatic N) is 1. The van der Waals surface area contributed by atoms with Crippen molar-refractivity contribution in [1.82, 2.24) is 10.2 Å². The first-order valence-electron chi connectivity index (χ1n) is 8.95. The van der Waals surface area contributed by atoms with Gasteiger partial charge >= 0.3 is 0 Å². The van der Waals surface area contributed by atoms with Crippen molar-refractivity contribution in [3.05, 3.63) is 22.4 Å². The normalized spacial score (nSPS) is 28.0. The topological polar surface area (TPSA) is 35.5 Å². The minimum absolute atomic E-state index is 0.270. The molecule has 0 amide bonds. The van der Waals surface area contributed by atoms with E-state index in [1.165, 1.54) is 49.9 Å². The highest BCUT2D eigenvalue weighted by Gasteiger charge is 2.28. The molecule has 2 N–H and O–H groups in total. The van der Waals surface area contributed by atoms with E-state index >= 15 is 0 Å². The molecule has 1 saturated heterocycles. The lowest BCUT2D eigenvalue weighted by atomic mass is 9.88. The van der Waals surface area contributed by atoms with Gasteiger partial charge in [0.05, 0.1) is 6.61 Å². The second kappa shape index (κ2) is 8.44. The molecule has 0 aromatic carbocycles. The van der Waals surface area contributed by atoms with E-state index < -0.39 is 0 Å². The molecule has 1 aromatic rings. The van der Waals surface area contributed by atoms with Crippen LogP contribution in [0.15, 0.2) is 17.5 Å². The maximum Gasteiger partial charge on any atom is 0.0558 e. The number of hydrogen-bond acceptors (Lipinski definition) is 4. The Balaban J connectivity index is 1.54. The van der Waals surface area contributed by atoms with Crippen molar-refractivity contribution in [2.75, 3.05) is 32.8 Å². The molecule has 124 valence electrons. The van der Waals surface area contributed by atoms with Crippen LogP contribution in [0.5, 0.6) is 0 Å². The number of aliphatic hydroxyl groups excluding tert-OH is 1. The van der Waals surface area contributed by atoms with E-state index in [1.807, 2.05) is 11.3 Å². The summed E-state index contributed by atoms with van der Waals surface area (Å²) >= 11 is 1.88. The second-order valence-corrected chi connectivity index (χ2v) is 8.02. The number of aliphatic hydroxyl groups is 1. The SMILES string of the molecule is OCCN1CC(NCC2CCCCC2)CC(c2cccs2)C1. The summed E-state index contributed by atoms with van der Waals surface area (Å²) in [6.45, 7) is 4.46. The van der Waals surface area contributed by atoms with Crippen LogP contribution < -0.4 is 5.32 Å². The minimum atomic E-state index is 0.270. The predicted octanol–water partition coefficient (Wildman–Crippen LogP) is 3.07. The second-order valence-electron chi connectivity index (χ2n) is 7.04. The first-order chi connectivity index (χ1) is 10.8. The maximum atomic E-state index is 9.30. The van der Waals surface area contributed by atoms with Gasteiger partial charge in [-0.05, 0) is 43.2 Å². The molecule has 3 rings (SSSR count). The first kappa shape index (κ1) is 16.4. The molecule has 0 bridgehead atoms. The Kier molecular flexibility index (Phi) is 6.30. The van der Waals surface area contributed by atoms with E-state index in [1.54, 1.807) is 0 Å². The molecule has 1 aliphatic heterocycles. The van der Waals surface area contributed by atoms with Gasteiger partial charge < -0.3 is 10.4 Å². The summed E-state index contributed by atoms with van der Waals surface area (Å²) in [6, 6.07) is 5.01. The summed E-state index contributed by atoms with van der Waals surface area (Å²) in [6.07, 6.45) is 8.35. The van der Waals surface area contributed by atoms with Crippen LogP contribution in [0.2, 0.25) is 0 Å². The van der Waals surface area contributed by atoms with Crippen molar-refractivity contribution in [1.29, 1.82) is 0 Å². The van der Waals surface area contributed by atoms with E-state index in [0.29, 0.717) is 12.0 Å². The third-order valence-electron chi connectivity index (χ3n) is 5.31. The molecule has 1 saturated carbocycles. The van der Waals surface area contributed by atoms with Crippen LogP contribution >= 0.6 is 11.3 Å². The summed E-state index contributed by atoms with van der Waals surface area (Å²) in [4.78, 5) is 3.94. The molecule has 2 fully saturated rings. The number of hydrogen-bond donors (Lipinski definition) is 2. The van der Waals surface area contributed by atoms with Crippen LogP contribution in [0.1, 0.15) is 49.3 Å². The Bertz CT molecular complexity index is 417. The largest absolute Gasteiger partial charge is 0.395 e. The molecule has 3 nitrogen and oxygen atoms in total. The summed E-state index contributed by atoms with van der Waals surface area (Å²) in [5.41, 5.74) is 0. The molecule has 0 spiro atoms. The van der Waals surface area contributed by atoms with Crippen molar-refractivity contribution in [3.8, 4) is 0 Å². The van der Waals surface area contributed by atoms with Crippen molar-refractivity contribution < 1.29 is 5.11 Å². The zero-order chi connectivity index (χ0) is 15.2. The molecule has 1 aromatic heterocycles. The molecular weight excluding hydrogens is 292 g/mol. The Morgan fingerprint density at radius 3 is 2.82 bits per heavy atom. The fourth-order valence-electron chi connectivity index (χ4n) is 4.12. The quantitative estimate of drug-likeness (QED) is 0.845. The lowest BCUT2D eigenvalue weighted by Crippen LogP contribution is -2.50. The summed E-state index contributed by atoms with van der Waals surface area (Å²) in [5, 5.41) is 15.3.